The number of anilines is 1. The van der Waals surface area contributed by atoms with Crippen molar-refractivity contribution in [3.05, 3.63) is 95.0 Å². The highest BCUT2D eigenvalue weighted by molar-refractivity contribution is 6.30. The second-order valence-electron chi connectivity index (χ2n) is 8.44. The molecule has 4 rings (SSSR count). The number of nitrogens with one attached hydrogen (secondary N) is 2. The zero-order chi connectivity index (χ0) is 23.8. The number of likely N-dealkylation sites (tertiary alicyclic amines) is 1. The van der Waals surface area contributed by atoms with Gasteiger partial charge in [-0.1, -0.05) is 54.1 Å². The molecule has 6 nitrogen and oxygen atoms in total. The van der Waals surface area contributed by atoms with Crippen molar-refractivity contribution in [3.8, 4) is 5.75 Å². The van der Waals surface area contributed by atoms with Gasteiger partial charge in [-0.3, -0.25) is 15.0 Å². The van der Waals surface area contributed by atoms with E-state index in [0.717, 1.165) is 31.0 Å². The number of para-hydroxylation sites is 2. The minimum absolute atomic E-state index is 0.120. The van der Waals surface area contributed by atoms with Gasteiger partial charge in [-0.15, -0.1) is 0 Å². The van der Waals surface area contributed by atoms with Gasteiger partial charge in [-0.2, -0.15) is 0 Å². The second kappa shape index (κ2) is 12.0. The van der Waals surface area contributed by atoms with Gasteiger partial charge in [0.05, 0.1) is 11.9 Å². The first-order chi connectivity index (χ1) is 16.6. The van der Waals surface area contributed by atoms with Gasteiger partial charge in [-0.25, -0.2) is 0 Å². The van der Waals surface area contributed by atoms with Crippen LogP contribution < -0.4 is 15.4 Å². The van der Waals surface area contributed by atoms with E-state index in [1.165, 1.54) is 5.56 Å². The minimum Gasteiger partial charge on any atom is -0.489 e. The number of amides is 1. The number of carbonyl (C=O) groups excluding carboxylic acids is 1. The number of hydrogen-bond donors (Lipinski definition) is 3. The fourth-order valence-corrected chi connectivity index (χ4v) is 4.19. The van der Waals surface area contributed by atoms with Crippen LogP contribution in [0.3, 0.4) is 0 Å². The zero-order valence-corrected chi connectivity index (χ0v) is 19.7. The van der Waals surface area contributed by atoms with Crippen molar-refractivity contribution in [1.82, 2.24) is 10.2 Å². The molecule has 3 aromatic rings. The van der Waals surface area contributed by atoms with Crippen LogP contribution in [0.15, 0.2) is 78.9 Å². The van der Waals surface area contributed by atoms with Gasteiger partial charge < -0.3 is 15.2 Å². The molecule has 1 aliphatic rings. The molecule has 7 heteroatoms. The third kappa shape index (κ3) is 6.81. The fourth-order valence-electron chi connectivity index (χ4n) is 4.07. The molecule has 34 heavy (non-hydrogen) atoms. The van der Waals surface area contributed by atoms with Crippen LogP contribution in [0.25, 0.3) is 0 Å². The molecule has 3 aromatic carbocycles. The SMILES string of the molecule is O=C(Nc1ccccc1OCC(O)CNC1CCCN1Cc1ccc(Cl)cc1)c1ccccc1. The van der Waals surface area contributed by atoms with Crippen LogP contribution in [-0.4, -0.2) is 47.9 Å². The number of nitrogens with zero attached hydrogens (tertiary/aromatic N) is 1. The molecule has 1 saturated heterocycles. The normalized spacial score (nSPS) is 16.8. The van der Waals surface area contributed by atoms with E-state index in [0.29, 0.717) is 23.5 Å². The molecule has 1 aliphatic heterocycles. The van der Waals surface area contributed by atoms with Crippen LogP contribution in [-0.2, 0) is 6.54 Å². The van der Waals surface area contributed by atoms with Crippen molar-refractivity contribution < 1.29 is 14.6 Å². The first-order valence-electron chi connectivity index (χ1n) is 11.6. The van der Waals surface area contributed by atoms with Crippen molar-refractivity contribution in [3.63, 3.8) is 0 Å². The van der Waals surface area contributed by atoms with Gasteiger partial charge in [0.1, 0.15) is 18.5 Å². The van der Waals surface area contributed by atoms with Gasteiger partial charge in [0.25, 0.3) is 5.91 Å². The summed E-state index contributed by atoms with van der Waals surface area (Å²) in [6.45, 7) is 2.40. The molecule has 0 radical (unpaired) electrons. The molecule has 1 amide bonds. The molecular formula is C27H30ClN3O3. The average Bonchev–Trinajstić information content (AvgIpc) is 3.31. The smallest absolute Gasteiger partial charge is 0.255 e. The van der Waals surface area contributed by atoms with E-state index < -0.39 is 6.10 Å². The maximum atomic E-state index is 12.5. The molecule has 2 unspecified atom stereocenters. The molecule has 1 heterocycles. The predicted molar refractivity (Wildman–Crippen MR) is 135 cm³/mol. The summed E-state index contributed by atoms with van der Waals surface area (Å²) in [6.07, 6.45) is 1.68. The van der Waals surface area contributed by atoms with Crippen molar-refractivity contribution >= 4 is 23.2 Å². The molecular weight excluding hydrogens is 450 g/mol. The summed E-state index contributed by atoms with van der Waals surface area (Å²) < 4.78 is 5.85. The molecule has 3 N–H and O–H groups in total. The van der Waals surface area contributed by atoms with Crippen molar-refractivity contribution in [2.45, 2.75) is 31.7 Å². The third-order valence-electron chi connectivity index (χ3n) is 5.85. The minimum atomic E-state index is -0.684. The summed E-state index contributed by atoms with van der Waals surface area (Å²) in [7, 11) is 0. The lowest BCUT2D eigenvalue weighted by Gasteiger charge is -2.26. The number of rotatable bonds is 10. The lowest BCUT2D eigenvalue weighted by atomic mass is 10.2. The Morgan fingerprint density at radius 1 is 1.06 bits per heavy atom. The number of ether oxygens (including phenoxy) is 1. The lowest BCUT2D eigenvalue weighted by Crippen LogP contribution is -2.45. The molecule has 178 valence electrons. The maximum absolute atomic E-state index is 12.5. The zero-order valence-electron chi connectivity index (χ0n) is 19.0. The van der Waals surface area contributed by atoms with E-state index >= 15 is 0 Å². The van der Waals surface area contributed by atoms with E-state index in [-0.39, 0.29) is 18.7 Å². The number of aliphatic hydroxyl groups excluding tert-OH is 1. The standard InChI is InChI=1S/C27H30ClN3O3/c28-22-14-12-20(13-15-22)18-31-16-6-11-26(31)29-17-23(32)19-34-25-10-5-4-9-24(25)30-27(33)21-7-2-1-3-8-21/h1-5,7-10,12-15,23,26,29,32H,6,11,16-19H2,(H,30,33). The summed E-state index contributed by atoms with van der Waals surface area (Å²) >= 11 is 5.99. The van der Waals surface area contributed by atoms with Crippen LogP contribution in [0.1, 0.15) is 28.8 Å². The van der Waals surface area contributed by atoms with E-state index in [1.54, 1.807) is 24.3 Å². The summed E-state index contributed by atoms with van der Waals surface area (Å²) in [5, 5.41) is 17.6. The van der Waals surface area contributed by atoms with E-state index in [4.69, 9.17) is 16.3 Å². The molecule has 0 bridgehead atoms. The topological polar surface area (TPSA) is 73.8 Å². The first-order valence-corrected chi connectivity index (χ1v) is 11.9. The summed E-state index contributed by atoms with van der Waals surface area (Å²) in [5.74, 6) is 0.317. The number of hydrogen-bond acceptors (Lipinski definition) is 5. The van der Waals surface area contributed by atoms with Gasteiger partial charge in [-0.05, 0) is 54.8 Å². The Bertz CT molecular complexity index is 1060. The maximum Gasteiger partial charge on any atom is 0.255 e. The predicted octanol–water partition coefficient (Wildman–Crippen LogP) is 4.54. The third-order valence-corrected chi connectivity index (χ3v) is 6.11. The van der Waals surface area contributed by atoms with Crippen molar-refractivity contribution in [1.29, 1.82) is 0 Å². The summed E-state index contributed by atoms with van der Waals surface area (Å²) in [6, 6.07) is 24.2. The van der Waals surface area contributed by atoms with Crippen LogP contribution in [0.5, 0.6) is 5.75 Å². The van der Waals surface area contributed by atoms with Gasteiger partial charge in [0, 0.05) is 30.2 Å². The van der Waals surface area contributed by atoms with E-state index in [2.05, 4.69) is 27.7 Å². The van der Waals surface area contributed by atoms with Gasteiger partial charge in [0.15, 0.2) is 0 Å². The lowest BCUT2D eigenvalue weighted by molar-refractivity contribution is 0.0930. The highest BCUT2D eigenvalue weighted by Gasteiger charge is 2.24. The Kier molecular flexibility index (Phi) is 8.55. The Balaban J connectivity index is 1.26. The molecule has 0 aromatic heterocycles. The summed E-state index contributed by atoms with van der Waals surface area (Å²) in [4.78, 5) is 14.9. The highest BCUT2D eigenvalue weighted by atomic mass is 35.5. The number of carbonyl (C=O) groups is 1. The van der Waals surface area contributed by atoms with Crippen LogP contribution in [0, 0.1) is 0 Å². The van der Waals surface area contributed by atoms with Crippen molar-refractivity contribution in [2.75, 3.05) is 25.0 Å². The molecule has 0 spiro atoms. The number of benzene rings is 3. The molecule has 0 aliphatic carbocycles. The quantitative estimate of drug-likeness (QED) is 0.398. The molecule has 1 fully saturated rings. The summed E-state index contributed by atoms with van der Waals surface area (Å²) in [5.41, 5.74) is 2.36. The van der Waals surface area contributed by atoms with E-state index in [1.807, 2.05) is 42.5 Å². The van der Waals surface area contributed by atoms with Crippen LogP contribution in [0.4, 0.5) is 5.69 Å². The average molecular weight is 480 g/mol. The monoisotopic (exact) mass is 479 g/mol. The van der Waals surface area contributed by atoms with E-state index in [9.17, 15) is 9.90 Å². The van der Waals surface area contributed by atoms with Crippen molar-refractivity contribution in [2.24, 2.45) is 0 Å². The number of aliphatic hydroxyl groups is 1. The molecule has 2 atom stereocenters. The Morgan fingerprint density at radius 2 is 1.79 bits per heavy atom. The second-order valence-corrected chi connectivity index (χ2v) is 8.88. The Morgan fingerprint density at radius 3 is 2.59 bits per heavy atom. The van der Waals surface area contributed by atoms with Gasteiger partial charge >= 0.3 is 0 Å². The molecule has 0 saturated carbocycles. The largest absolute Gasteiger partial charge is 0.489 e. The highest BCUT2D eigenvalue weighted by Crippen LogP contribution is 2.25. The fraction of sp³-hybridized carbons (Fsp3) is 0.296. The van der Waals surface area contributed by atoms with Crippen LogP contribution in [0.2, 0.25) is 5.02 Å². The first kappa shape index (κ1) is 24.2. The van der Waals surface area contributed by atoms with Gasteiger partial charge in [0.2, 0.25) is 0 Å². The Hall–Kier alpha value is -2.90. The van der Waals surface area contributed by atoms with Crippen LogP contribution >= 0.6 is 11.6 Å². The Labute approximate surface area is 205 Å². The number of halogens is 1.